The van der Waals surface area contributed by atoms with Gasteiger partial charge in [-0.1, -0.05) is 19.8 Å². The molecule has 2 atom stereocenters. The van der Waals surface area contributed by atoms with Crippen LogP contribution in [-0.4, -0.2) is 16.8 Å². The summed E-state index contributed by atoms with van der Waals surface area (Å²) < 4.78 is 4.97. The number of hydrogen-bond acceptors (Lipinski definition) is 3. The second-order valence-corrected chi connectivity index (χ2v) is 3.06. The standard InChI is InChI=1S/C7H13NO3/c1-3-4-5-6-7(2,11-6)8(9)10/h6H,3-5H2,1-2H3. The number of unbranched alkanes of at least 4 members (excludes halogenated alkanes) is 1. The van der Waals surface area contributed by atoms with Gasteiger partial charge < -0.3 is 0 Å². The lowest BCUT2D eigenvalue weighted by Gasteiger charge is -1.94. The molecule has 0 saturated carbocycles. The monoisotopic (exact) mass is 159 g/mol. The maximum Gasteiger partial charge on any atom is 0.348 e. The van der Waals surface area contributed by atoms with Crippen LogP contribution in [0.25, 0.3) is 0 Å². The van der Waals surface area contributed by atoms with E-state index in [0.717, 1.165) is 19.3 Å². The maximum absolute atomic E-state index is 10.3. The molecule has 2 unspecified atom stereocenters. The van der Waals surface area contributed by atoms with Crippen molar-refractivity contribution >= 4 is 0 Å². The Kier molecular flexibility index (Phi) is 2.13. The van der Waals surface area contributed by atoms with Crippen LogP contribution in [0.2, 0.25) is 0 Å². The largest absolute Gasteiger partial charge is 0.348 e. The highest BCUT2D eigenvalue weighted by Crippen LogP contribution is 2.39. The van der Waals surface area contributed by atoms with Gasteiger partial charge in [0, 0.05) is 6.92 Å². The van der Waals surface area contributed by atoms with Gasteiger partial charge in [-0.05, 0) is 6.42 Å². The first kappa shape index (κ1) is 8.46. The van der Waals surface area contributed by atoms with Gasteiger partial charge in [-0.15, -0.1) is 0 Å². The van der Waals surface area contributed by atoms with Crippen molar-refractivity contribution in [1.29, 1.82) is 0 Å². The second kappa shape index (κ2) is 2.77. The summed E-state index contributed by atoms with van der Waals surface area (Å²) in [6, 6.07) is 0. The molecule has 64 valence electrons. The van der Waals surface area contributed by atoms with Crippen molar-refractivity contribution in [2.75, 3.05) is 0 Å². The quantitative estimate of drug-likeness (QED) is 0.355. The Bertz CT molecular complexity index is 171. The number of rotatable bonds is 4. The van der Waals surface area contributed by atoms with E-state index in [2.05, 4.69) is 6.92 Å². The van der Waals surface area contributed by atoms with Gasteiger partial charge in [-0.3, -0.25) is 14.9 Å². The van der Waals surface area contributed by atoms with Crippen LogP contribution >= 0.6 is 0 Å². The molecule has 1 saturated heterocycles. The zero-order chi connectivity index (χ0) is 8.48. The van der Waals surface area contributed by atoms with E-state index in [9.17, 15) is 10.1 Å². The Hall–Kier alpha value is -0.640. The zero-order valence-corrected chi connectivity index (χ0v) is 6.87. The van der Waals surface area contributed by atoms with E-state index < -0.39 is 5.72 Å². The van der Waals surface area contributed by atoms with Crippen LogP contribution in [0.15, 0.2) is 0 Å². The van der Waals surface area contributed by atoms with Gasteiger partial charge in [0.25, 0.3) is 0 Å². The summed E-state index contributed by atoms with van der Waals surface area (Å²) in [5, 5.41) is 10.3. The lowest BCUT2D eigenvalue weighted by Crippen LogP contribution is -2.21. The van der Waals surface area contributed by atoms with Crippen LogP contribution in [0.5, 0.6) is 0 Å². The zero-order valence-electron chi connectivity index (χ0n) is 6.87. The lowest BCUT2D eigenvalue weighted by molar-refractivity contribution is -0.558. The molecule has 0 aromatic rings. The summed E-state index contributed by atoms with van der Waals surface area (Å²) in [6.45, 7) is 3.60. The van der Waals surface area contributed by atoms with E-state index in [0.29, 0.717) is 0 Å². The van der Waals surface area contributed by atoms with Crippen LogP contribution in [0, 0.1) is 10.1 Å². The highest BCUT2D eigenvalue weighted by molar-refractivity contribution is 4.88. The Morgan fingerprint density at radius 3 is 2.73 bits per heavy atom. The molecule has 0 bridgehead atoms. The van der Waals surface area contributed by atoms with Gasteiger partial charge in [-0.25, -0.2) is 0 Å². The fourth-order valence-corrected chi connectivity index (χ4v) is 1.13. The molecule has 0 N–H and O–H groups in total. The second-order valence-electron chi connectivity index (χ2n) is 3.06. The molecule has 0 aromatic carbocycles. The molecule has 11 heavy (non-hydrogen) atoms. The molecular weight excluding hydrogens is 146 g/mol. The van der Waals surface area contributed by atoms with Crippen molar-refractivity contribution in [3.8, 4) is 0 Å². The smallest absolute Gasteiger partial charge is 0.299 e. The fraction of sp³-hybridized carbons (Fsp3) is 1.00. The highest BCUT2D eigenvalue weighted by atomic mass is 16.7. The van der Waals surface area contributed by atoms with Crippen LogP contribution in [0.4, 0.5) is 0 Å². The van der Waals surface area contributed by atoms with Gasteiger partial charge in [0.15, 0.2) is 6.10 Å². The molecule has 1 rings (SSSR count). The minimum absolute atomic E-state index is 0.141. The van der Waals surface area contributed by atoms with Crippen molar-refractivity contribution in [3.63, 3.8) is 0 Å². The van der Waals surface area contributed by atoms with Crippen LogP contribution in [0.1, 0.15) is 33.1 Å². The van der Waals surface area contributed by atoms with Crippen molar-refractivity contribution in [2.45, 2.75) is 44.9 Å². The van der Waals surface area contributed by atoms with Crippen LogP contribution in [0.3, 0.4) is 0 Å². The predicted octanol–water partition coefficient (Wildman–Crippen LogP) is 1.57. The Morgan fingerprint density at radius 1 is 1.73 bits per heavy atom. The molecule has 0 amide bonds. The number of nitrogens with zero attached hydrogens (tertiary/aromatic N) is 1. The average molecular weight is 159 g/mol. The van der Waals surface area contributed by atoms with E-state index in [1.165, 1.54) is 6.92 Å². The normalized spacial score (nSPS) is 35.3. The summed E-state index contributed by atoms with van der Waals surface area (Å²) in [5.74, 6) is 0. The van der Waals surface area contributed by atoms with E-state index in [1.807, 2.05) is 0 Å². The third-order valence-electron chi connectivity index (χ3n) is 2.10. The molecule has 1 heterocycles. The summed E-state index contributed by atoms with van der Waals surface area (Å²) in [7, 11) is 0. The molecule has 0 aliphatic carbocycles. The highest BCUT2D eigenvalue weighted by Gasteiger charge is 2.64. The van der Waals surface area contributed by atoms with Crippen molar-refractivity contribution in [1.82, 2.24) is 0 Å². The van der Waals surface area contributed by atoms with E-state index in [4.69, 9.17) is 4.74 Å². The first-order chi connectivity index (χ1) is 5.11. The fourth-order valence-electron chi connectivity index (χ4n) is 1.13. The van der Waals surface area contributed by atoms with Crippen molar-refractivity contribution < 1.29 is 9.66 Å². The van der Waals surface area contributed by atoms with Crippen molar-refractivity contribution in [2.24, 2.45) is 0 Å². The Balaban J connectivity index is 2.29. The van der Waals surface area contributed by atoms with Crippen LogP contribution in [-0.2, 0) is 4.74 Å². The summed E-state index contributed by atoms with van der Waals surface area (Å²) >= 11 is 0. The maximum atomic E-state index is 10.3. The van der Waals surface area contributed by atoms with Gasteiger partial charge in [-0.2, -0.15) is 0 Å². The molecule has 0 radical (unpaired) electrons. The van der Waals surface area contributed by atoms with E-state index >= 15 is 0 Å². The molecule has 0 spiro atoms. The minimum atomic E-state index is -1.06. The molecular formula is C7H13NO3. The van der Waals surface area contributed by atoms with E-state index in [-0.39, 0.29) is 11.0 Å². The van der Waals surface area contributed by atoms with Gasteiger partial charge >= 0.3 is 5.72 Å². The van der Waals surface area contributed by atoms with Crippen LogP contribution < -0.4 is 0 Å². The SMILES string of the molecule is CCCCC1OC1(C)[N+](=O)[O-]. The van der Waals surface area contributed by atoms with Crippen molar-refractivity contribution in [3.05, 3.63) is 10.1 Å². The topological polar surface area (TPSA) is 55.7 Å². The summed E-state index contributed by atoms with van der Waals surface area (Å²) in [4.78, 5) is 10.00. The number of ether oxygens (including phenoxy) is 1. The van der Waals surface area contributed by atoms with E-state index in [1.54, 1.807) is 0 Å². The third kappa shape index (κ3) is 1.50. The number of epoxide rings is 1. The summed E-state index contributed by atoms with van der Waals surface area (Å²) in [6.07, 6.45) is 2.74. The Morgan fingerprint density at radius 2 is 2.36 bits per heavy atom. The first-order valence-corrected chi connectivity index (χ1v) is 3.93. The third-order valence-corrected chi connectivity index (χ3v) is 2.10. The number of nitro groups is 1. The van der Waals surface area contributed by atoms with Gasteiger partial charge in [0.05, 0.1) is 4.92 Å². The Labute approximate surface area is 65.7 Å². The summed E-state index contributed by atoms with van der Waals surface area (Å²) in [5.41, 5.74) is -1.06. The molecule has 1 aliphatic rings. The number of hydrogen-bond donors (Lipinski definition) is 0. The molecule has 0 aromatic heterocycles. The molecule has 1 fully saturated rings. The average Bonchev–Trinajstić information content (AvgIpc) is 2.59. The molecule has 4 nitrogen and oxygen atoms in total. The first-order valence-electron chi connectivity index (χ1n) is 3.93. The molecule has 4 heteroatoms. The van der Waals surface area contributed by atoms with Gasteiger partial charge in [0.1, 0.15) is 0 Å². The lowest BCUT2D eigenvalue weighted by atomic mass is 10.1. The van der Waals surface area contributed by atoms with Gasteiger partial charge in [0.2, 0.25) is 0 Å². The minimum Gasteiger partial charge on any atom is -0.299 e. The predicted molar refractivity (Wildman–Crippen MR) is 39.8 cm³/mol. The molecule has 1 aliphatic heterocycles.